The topological polar surface area (TPSA) is 67.1 Å². The number of ether oxygens (including phenoxy) is 1. The van der Waals surface area contributed by atoms with Crippen LogP contribution in [0, 0.1) is 6.92 Å². The second kappa shape index (κ2) is 5.59. The van der Waals surface area contributed by atoms with E-state index in [9.17, 15) is 5.11 Å². The molecule has 0 bridgehead atoms. The van der Waals surface area contributed by atoms with Crippen LogP contribution in [0.15, 0.2) is 34.5 Å². The Balaban J connectivity index is 2.15. The first-order chi connectivity index (χ1) is 8.69. The zero-order chi connectivity index (χ0) is 13.0. The fourth-order valence-electron chi connectivity index (χ4n) is 1.25. The molecule has 2 rings (SSSR count). The molecular weight excluding hydrogens is 250 g/mol. The SMILES string of the molecule is CCOc1nc(N=Nc2ccc(C)cc2)c(O)s1. The predicted molar refractivity (Wildman–Crippen MR) is 70.3 cm³/mol. The summed E-state index contributed by atoms with van der Waals surface area (Å²) in [7, 11) is 0. The van der Waals surface area contributed by atoms with Gasteiger partial charge in [0.2, 0.25) is 10.9 Å². The minimum atomic E-state index is 0.00862. The Morgan fingerprint density at radius 2 is 2.00 bits per heavy atom. The van der Waals surface area contributed by atoms with Crippen LogP contribution in [0.4, 0.5) is 11.5 Å². The Bertz CT molecular complexity index is 549. The Morgan fingerprint density at radius 1 is 1.28 bits per heavy atom. The number of nitrogens with zero attached hydrogens (tertiary/aromatic N) is 3. The highest BCUT2D eigenvalue weighted by Crippen LogP contribution is 2.37. The van der Waals surface area contributed by atoms with E-state index in [1.807, 2.05) is 38.1 Å². The molecule has 2 aromatic rings. The first-order valence-corrected chi connectivity index (χ1v) is 6.31. The van der Waals surface area contributed by atoms with Crippen molar-refractivity contribution in [3.8, 4) is 10.3 Å². The van der Waals surface area contributed by atoms with Crippen molar-refractivity contribution in [3.63, 3.8) is 0 Å². The van der Waals surface area contributed by atoms with Crippen LogP contribution < -0.4 is 4.74 Å². The molecule has 94 valence electrons. The molecule has 0 amide bonds. The summed E-state index contributed by atoms with van der Waals surface area (Å²) in [5.41, 5.74) is 1.87. The monoisotopic (exact) mass is 263 g/mol. The van der Waals surface area contributed by atoms with E-state index in [-0.39, 0.29) is 10.9 Å². The fraction of sp³-hybridized carbons (Fsp3) is 0.250. The number of aromatic hydroxyl groups is 1. The van der Waals surface area contributed by atoms with Crippen molar-refractivity contribution in [2.75, 3.05) is 6.61 Å². The molecular formula is C12H13N3O2S. The van der Waals surface area contributed by atoms with E-state index >= 15 is 0 Å². The van der Waals surface area contributed by atoms with Gasteiger partial charge in [-0.25, -0.2) is 0 Å². The zero-order valence-corrected chi connectivity index (χ0v) is 10.9. The molecule has 0 aliphatic carbocycles. The van der Waals surface area contributed by atoms with E-state index in [1.54, 1.807) is 0 Å². The Kier molecular flexibility index (Phi) is 3.88. The molecule has 1 aromatic carbocycles. The average Bonchev–Trinajstić information content (AvgIpc) is 2.70. The van der Waals surface area contributed by atoms with Crippen LogP contribution >= 0.6 is 11.3 Å². The Labute approximate surface area is 109 Å². The van der Waals surface area contributed by atoms with Gasteiger partial charge >= 0.3 is 0 Å². The van der Waals surface area contributed by atoms with Gasteiger partial charge in [0.25, 0.3) is 5.19 Å². The number of rotatable bonds is 4. The maximum absolute atomic E-state index is 9.60. The summed E-state index contributed by atoms with van der Waals surface area (Å²) in [6.45, 7) is 4.36. The molecule has 5 nitrogen and oxygen atoms in total. The molecule has 0 aliphatic rings. The van der Waals surface area contributed by atoms with Gasteiger partial charge in [0.05, 0.1) is 12.3 Å². The number of azo groups is 1. The summed E-state index contributed by atoms with van der Waals surface area (Å²) in [5, 5.41) is 17.9. The fourth-order valence-corrected chi connectivity index (χ4v) is 1.90. The second-order valence-corrected chi connectivity index (χ2v) is 4.52. The van der Waals surface area contributed by atoms with Crippen LogP contribution in [-0.2, 0) is 0 Å². The predicted octanol–water partition coefficient (Wildman–Crippen LogP) is 3.97. The number of aryl methyl sites for hydroxylation is 1. The molecule has 0 spiro atoms. The zero-order valence-electron chi connectivity index (χ0n) is 10.1. The van der Waals surface area contributed by atoms with Gasteiger partial charge in [-0.1, -0.05) is 17.7 Å². The number of hydrogen-bond donors (Lipinski definition) is 1. The third kappa shape index (κ3) is 3.04. The van der Waals surface area contributed by atoms with Crippen molar-refractivity contribution in [1.82, 2.24) is 4.98 Å². The summed E-state index contributed by atoms with van der Waals surface area (Å²) >= 11 is 1.05. The van der Waals surface area contributed by atoms with Gasteiger partial charge in [-0.2, -0.15) is 4.98 Å². The molecule has 0 radical (unpaired) electrons. The minimum absolute atomic E-state index is 0.00862. The van der Waals surface area contributed by atoms with Gasteiger partial charge in [-0.05, 0) is 37.3 Å². The lowest BCUT2D eigenvalue weighted by atomic mass is 10.2. The van der Waals surface area contributed by atoms with Crippen LogP contribution in [-0.4, -0.2) is 16.7 Å². The van der Waals surface area contributed by atoms with Crippen LogP contribution in [0.1, 0.15) is 12.5 Å². The quantitative estimate of drug-likeness (QED) is 0.848. The van der Waals surface area contributed by atoms with E-state index in [0.717, 1.165) is 16.9 Å². The Hall–Kier alpha value is -1.95. The van der Waals surface area contributed by atoms with Crippen LogP contribution in [0.25, 0.3) is 0 Å². The van der Waals surface area contributed by atoms with E-state index in [2.05, 4.69) is 15.2 Å². The van der Waals surface area contributed by atoms with E-state index in [0.29, 0.717) is 17.5 Å². The van der Waals surface area contributed by atoms with Gasteiger partial charge < -0.3 is 9.84 Å². The Morgan fingerprint density at radius 3 is 2.67 bits per heavy atom. The minimum Gasteiger partial charge on any atom is -0.497 e. The van der Waals surface area contributed by atoms with Crippen molar-refractivity contribution < 1.29 is 9.84 Å². The van der Waals surface area contributed by atoms with E-state index in [4.69, 9.17) is 4.74 Å². The van der Waals surface area contributed by atoms with E-state index < -0.39 is 0 Å². The van der Waals surface area contributed by atoms with Crippen molar-refractivity contribution >= 4 is 22.8 Å². The number of thiazole rings is 1. The highest BCUT2D eigenvalue weighted by molar-refractivity contribution is 7.15. The lowest BCUT2D eigenvalue weighted by Gasteiger charge is -1.93. The third-order valence-electron chi connectivity index (χ3n) is 2.13. The molecule has 1 N–H and O–H groups in total. The average molecular weight is 263 g/mol. The molecule has 0 saturated carbocycles. The number of benzene rings is 1. The normalized spacial score (nSPS) is 11.0. The van der Waals surface area contributed by atoms with Gasteiger partial charge in [-0.15, -0.1) is 10.2 Å². The van der Waals surface area contributed by atoms with Crippen molar-refractivity contribution in [3.05, 3.63) is 29.8 Å². The molecule has 1 aromatic heterocycles. The summed E-state index contributed by atoms with van der Waals surface area (Å²) in [5.74, 6) is 0.184. The maximum atomic E-state index is 9.60. The number of aromatic nitrogens is 1. The first kappa shape index (κ1) is 12.5. The van der Waals surface area contributed by atoms with Crippen molar-refractivity contribution in [2.45, 2.75) is 13.8 Å². The molecule has 6 heteroatoms. The molecule has 18 heavy (non-hydrogen) atoms. The highest BCUT2D eigenvalue weighted by Gasteiger charge is 2.09. The second-order valence-electron chi connectivity index (χ2n) is 3.58. The third-order valence-corrected chi connectivity index (χ3v) is 2.89. The van der Waals surface area contributed by atoms with Gasteiger partial charge in [-0.3, -0.25) is 0 Å². The molecule has 0 atom stereocenters. The summed E-state index contributed by atoms with van der Waals surface area (Å²) in [6.07, 6.45) is 0. The molecule has 0 unspecified atom stereocenters. The lowest BCUT2D eigenvalue weighted by molar-refractivity contribution is 0.338. The van der Waals surface area contributed by atoms with Crippen LogP contribution in [0.5, 0.6) is 10.3 Å². The molecule has 1 heterocycles. The standard InChI is InChI=1S/C12H13N3O2S/c1-3-17-12-13-10(11(16)18-12)15-14-9-6-4-8(2)5-7-9/h4-7,16H,3H2,1-2H3. The smallest absolute Gasteiger partial charge is 0.278 e. The molecule has 0 fully saturated rings. The summed E-state index contributed by atoms with van der Waals surface area (Å²) < 4.78 is 5.18. The van der Waals surface area contributed by atoms with E-state index in [1.165, 1.54) is 0 Å². The maximum Gasteiger partial charge on any atom is 0.278 e. The molecule has 0 aliphatic heterocycles. The first-order valence-electron chi connectivity index (χ1n) is 5.50. The highest BCUT2D eigenvalue weighted by atomic mass is 32.1. The lowest BCUT2D eigenvalue weighted by Crippen LogP contribution is -1.88. The van der Waals surface area contributed by atoms with Crippen LogP contribution in [0.2, 0.25) is 0 Å². The number of hydrogen-bond acceptors (Lipinski definition) is 6. The van der Waals surface area contributed by atoms with Crippen LogP contribution in [0.3, 0.4) is 0 Å². The largest absolute Gasteiger partial charge is 0.497 e. The summed E-state index contributed by atoms with van der Waals surface area (Å²) in [4.78, 5) is 4.02. The summed E-state index contributed by atoms with van der Waals surface area (Å²) in [6, 6.07) is 7.60. The van der Waals surface area contributed by atoms with Gasteiger partial charge in [0, 0.05) is 0 Å². The van der Waals surface area contributed by atoms with Gasteiger partial charge in [0.1, 0.15) is 0 Å². The molecule has 0 saturated heterocycles. The van der Waals surface area contributed by atoms with Crippen molar-refractivity contribution in [2.24, 2.45) is 10.2 Å². The van der Waals surface area contributed by atoms with Gasteiger partial charge in [0.15, 0.2) is 0 Å². The van der Waals surface area contributed by atoms with Crippen molar-refractivity contribution in [1.29, 1.82) is 0 Å².